The predicted molar refractivity (Wildman–Crippen MR) is 148 cm³/mol. The first-order valence-corrected chi connectivity index (χ1v) is 13.4. The maximum Gasteiger partial charge on any atom is 0.227 e. The average molecular weight is 518 g/mol. The number of halogens is 1. The Hall–Kier alpha value is -3.75. The normalized spacial score (nSPS) is 16.6. The Kier molecular flexibility index (Phi) is 7.19. The molecule has 1 aromatic carbocycles. The van der Waals surface area contributed by atoms with Crippen molar-refractivity contribution in [3.63, 3.8) is 0 Å². The highest BCUT2D eigenvalue weighted by atomic mass is 19.1. The standard InChI is InChI=1S/C29H36FN7O/c1-5-6-7-26(38)36-18-29(19-36)10-12-35(13-11-29)25-9-8-23(14-24(25)30)33-28-31-15-21(4)27(34-28)22-16-32-37(17-22)20(2)3/h5,8-9,14-17,20H,1,6-7,10-13,18-19H2,2-4H3,(H,31,33,34). The lowest BCUT2D eigenvalue weighted by Gasteiger charge is -2.54. The number of allylic oxidation sites excluding steroid dienone is 1. The van der Waals surface area contributed by atoms with Gasteiger partial charge in [-0.2, -0.15) is 5.10 Å². The van der Waals surface area contributed by atoms with Crippen molar-refractivity contribution in [1.29, 1.82) is 0 Å². The van der Waals surface area contributed by atoms with Crippen LogP contribution in [0.2, 0.25) is 0 Å². The molecular weight excluding hydrogens is 481 g/mol. The molecule has 9 heteroatoms. The summed E-state index contributed by atoms with van der Waals surface area (Å²) in [5.41, 5.74) is 4.05. The van der Waals surface area contributed by atoms with E-state index in [0.717, 1.165) is 62.3 Å². The third kappa shape index (κ3) is 5.28. The number of aromatic nitrogens is 4. The van der Waals surface area contributed by atoms with Crippen LogP contribution in [0.5, 0.6) is 0 Å². The molecule has 38 heavy (non-hydrogen) atoms. The van der Waals surface area contributed by atoms with Crippen molar-refractivity contribution in [3.05, 3.63) is 60.8 Å². The molecular formula is C29H36FN7O. The summed E-state index contributed by atoms with van der Waals surface area (Å²) in [6.07, 6.45) is 10.5. The van der Waals surface area contributed by atoms with Crippen LogP contribution in [0.1, 0.15) is 51.1 Å². The average Bonchev–Trinajstić information content (AvgIpc) is 3.38. The second-order valence-corrected chi connectivity index (χ2v) is 10.9. The highest BCUT2D eigenvalue weighted by Gasteiger charge is 2.46. The zero-order chi connectivity index (χ0) is 26.9. The zero-order valence-electron chi connectivity index (χ0n) is 22.5. The predicted octanol–water partition coefficient (Wildman–Crippen LogP) is 5.51. The third-order valence-electron chi connectivity index (χ3n) is 7.71. The van der Waals surface area contributed by atoms with Gasteiger partial charge in [0.1, 0.15) is 5.82 Å². The van der Waals surface area contributed by atoms with E-state index >= 15 is 4.39 Å². The van der Waals surface area contributed by atoms with Crippen LogP contribution in [0.25, 0.3) is 11.3 Å². The van der Waals surface area contributed by atoms with Gasteiger partial charge in [-0.15, -0.1) is 6.58 Å². The first-order chi connectivity index (χ1) is 18.3. The van der Waals surface area contributed by atoms with Gasteiger partial charge in [0.15, 0.2) is 0 Å². The lowest BCUT2D eigenvalue weighted by atomic mass is 9.71. The van der Waals surface area contributed by atoms with Gasteiger partial charge in [0.2, 0.25) is 11.9 Å². The van der Waals surface area contributed by atoms with E-state index in [1.54, 1.807) is 18.5 Å². The molecule has 0 aliphatic carbocycles. The second kappa shape index (κ2) is 10.6. The molecule has 1 amide bonds. The van der Waals surface area contributed by atoms with Crippen LogP contribution in [0.3, 0.4) is 0 Å². The van der Waals surface area contributed by atoms with Crippen LogP contribution >= 0.6 is 0 Å². The molecule has 2 fully saturated rings. The Morgan fingerprint density at radius 3 is 2.66 bits per heavy atom. The first kappa shape index (κ1) is 25.9. The molecule has 4 heterocycles. The number of anilines is 3. The van der Waals surface area contributed by atoms with Gasteiger partial charge in [-0.25, -0.2) is 14.4 Å². The molecule has 0 saturated carbocycles. The van der Waals surface area contributed by atoms with E-state index in [9.17, 15) is 4.79 Å². The number of likely N-dealkylation sites (tertiary alicyclic amines) is 1. The van der Waals surface area contributed by atoms with Crippen molar-refractivity contribution in [2.75, 3.05) is 36.4 Å². The Labute approximate surface area is 223 Å². The maximum atomic E-state index is 15.2. The quantitative estimate of drug-likeness (QED) is 0.397. The van der Waals surface area contributed by atoms with Crippen LogP contribution in [-0.2, 0) is 4.79 Å². The zero-order valence-corrected chi connectivity index (χ0v) is 22.5. The minimum absolute atomic E-state index is 0.185. The van der Waals surface area contributed by atoms with Crippen molar-refractivity contribution in [3.8, 4) is 11.3 Å². The Bertz CT molecular complexity index is 1320. The molecule has 0 radical (unpaired) electrons. The summed E-state index contributed by atoms with van der Waals surface area (Å²) in [5, 5.41) is 7.57. The number of piperidine rings is 1. The van der Waals surface area contributed by atoms with Crippen molar-refractivity contribution in [2.24, 2.45) is 5.41 Å². The largest absolute Gasteiger partial charge is 0.369 e. The molecule has 200 valence electrons. The molecule has 2 saturated heterocycles. The number of hydrogen-bond acceptors (Lipinski definition) is 6. The van der Waals surface area contributed by atoms with E-state index < -0.39 is 0 Å². The number of amides is 1. The van der Waals surface area contributed by atoms with Crippen molar-refractivity contribution in [1.82, 2.24) is 24.6 Å². The molecule has 1 spiro atoms. The molecule has 0 atom stereocenters. The van der Waals surface area contributed by atoms with Gasteiger partial charge in [0.05, 0.1) is 17.6 Å². The summed E-state index contributed by atoms with van der Waals surface area (Å²) in [5.74, 6) is 0.348. The fraction of sp³-hybridized carbons (Fsp3) is 0.448. The lowest BCUT2D eigenvalue weighted by Crippen LogP contribution is -2.62. The number of carbonyl (C=O) groups is 1. The van der Waals surface area contributed by atoms with Crippen LogP contribution in [0.15, 0.2) is 49.4 Å². The Morgan fingerprint density at radius 1 is 1.24 bits per heavy atom. The van der Waals surface area contributed by atoms with Gasteiger partial charge in [-0.3, -0.25) is 9.48 Å². The number of carbonyl (C=O) groups excluding carboxylic acids is 1. The van der Waals surface area contributed by atoms with Gasteiger partial charge < -0.3 is 15.1 Å². The topological polar surface area (TPSA) is 79.2 Å². The van der Waals surface area contributed by atoms with Crippen LogP contribution < -0.4 is 10.2 Å². The smallest absolute Gasteiger partial charge is 0.227 e. The number of benzene rings is 1. The Balaban J connectivity index is 1.21. The van der Waals surface area contributed by atoms with Gasteiger partial charge in [-0.05, 0) is 63.8 Å². The van der Waals surface area contributed by atoms with E-state index in [1.165, 1.54) is 6.07 Å². The third-order valence-corrected chi connectivity index (χ3v) is 7.71. The molecule has 8 nitrogen and oxygen atoms in total. The summed E-state index contributed by atoms with van der Waals surface area (Å²) in [6, 6.07) is 5.45. The monoisotopic (exact) mass is 517 g/mol. The van der Waals surface area contributed by atoms with Gasteiger partial charge in [0, 0.05) is 67.7 Å². The van der Waals surface area contributed by atoms with Gasteiger partial charge in [-0.1, -0.05) is 6.08 Å². The molecule has 1 N–H and O–H groups in total. The van der Waals surface area contributed by atoms with Crippen LogP contribution in [0.4, 0.5) is 21.7 Å². The summed E-state index contributed by atoms with van der Waals surface area (Å²) >= 11 is 0. The van der Waals surface area contributed by atoms with Crippen LogP contribution in [-0.4, -0.2) is 56.7 Å². The van der Waals surface area contributed by atoms with Crippen molar-refractivity contribution >= 4 is 23.2 Å². The lowest BCUT2D eigenvalue weighted by molar-refractivity contribution is -0.144. The molecule has 0 bridgehead atoms. The number of nitrogens with zero attached hydrogens (tertiary/aromatic N) is 6. The fourth-order valence-electron chi connectivity index (χ4n) is 5.37. The molecule has 5 rings (SSSR count). The molecule has 3 aromatic rings. The maximum absolute atomic E-state index is 15.2. The summed E-state index contributed by atoms with van der Waals surface area (Å²) in [7, 11) is 0. The molecule has 2 aliphatic heterocycles. The molecule has 0 unspecified atom stereocenters. The van der Waals surface area contributed by atoms with Crippen molar-refractivity contribution in [2.45, 2.75) is 52.5 Å². The van der Waals surface area contributed by atoms with E-state index in [2.05, 4.69) is 45.7 Å². The highest BCUT2D eigenvalue weighted by Crippen LogP contribution is 2.42. The van der Waals surface area contributed by atoms with E-state index in [1.807, 2.05) is 34.8 Å². The highest BCUT2D eigenvalue weighted by molar-refractivity contribution is 5.77. The van der Waals surface area contributed by atoms with Gasteiger partial charge >= 0.3 is 0 Å². The van der Waals surface area contributed by atoms with Crippen LogP contribution in [0, 0.1) is 18.2 Å². The summed E-state index contributed by atoms with van der Waals surface area (Å²) in [4.78, 5) is 25.4. The fourth-order valence-corrected chi connectivity index (χ4v) is 5.37. The SMILES string of the molecule is C=CCCC(=O)N1CC2(CCN(c3ccc(Nc4ncc(C)c(-c5cnn(C(C)C)c5)n4)cc3F)CC2)C1. The summed E-state index contributed by atoms with van der Waals surface area (Å²) < 4.78 is 17.1. The number of nitrogens with one attached hydrogen (secondary N) is 1. The number of aryl methyl sites for hydroxylation is 1. The molecule has 2 aromatic heterocycles. The second-order valence-electron chi connectivity index (χ2n) is 10.9. The minimum Gasteiger partial charge on any atom is -0.369 e. The minimum atomic E-state index is -0.272. The summed E-state index contributed by atoms with van der Waals surface area (Å²) in [6.45, 7) is 13.0. The Morgan fingerprint density at radius 2 is 2.00 bits per heavy atom. The number of rotatable bonds is 8. The van der Waals surface area contributed by atoms with E-state index in [4.69, 9.17) is 0 Å². The van der Waals surface area contributed by atoms with E-state index in [0.29, 0.717) is 23.7 Å². The first-order valence-electron chi connectivity index (χ1n) is 13.4. The van der Waals surface area contributed by atoms with Gasteiger partial charge in [0.25, 0.3) is 0 Å². The van der Waals surface area contributed by atoms with Crippen molar-refractivity contribution < 1.29 is 9.18 Å². The molecule has 2 aliphatic rings. The van der Waals surface area contributed by atoms with E-state index in [-0.39, 0.29) is 23.2 Å². The number of hydrogen-bond donors (Lipinski definition) is 1.